The van der Waals surface area contributed by atoms with Crippen LogP contribution in [-0.2, 0) is 4.79 Å². The van der Waals surface area contributed by atoms with E-state index < -0.39 is 5.38 Å². The zero-order valence-electron chi connectivity index (χ0n) is 8.10. The molecule has 0 heterocycles. The average Bonchev–Trinajstić information content (AvgIpc) is 2.08. The van der Waals surface area contributed by atoms with Gasteiger partial charge in [-0.15, -0.1) is 11.6 Å². The molecule has 1 unspecified atom stereocenters. The molecule has 0 fully saturated rings. The van der Waals surface area contributed by atoms with Gasteiger partial charge in [-0.3, -0.25) is 4.79 Å². The summed E-state index contributed by atoms with van der Waals surface area (Å²) in [5.74, 6) is -0.00429. The van der Waals surface area contributed by atoms with E-state index in [0.29, 0.717) is 0 Å². The topological polar surface area (TPSA) is 17.1 Å². The number of carbonyl (C=O) groups excluding carboxylic acids is 1. The molecule has 1 aromatic rings. The largest absolute Gasteiger partial charge is 0.298 e. The highest BCUT2D eigenvalue weighted by molar-refractivity contribution is 6.30. The summed E-state index contributed by atoms with van der Waals surface area (Å²) in [7, 11) is 0. The Bertz CT molecular complexity index is 331. The lowest BCUT2D eigenvalue weighted by molar-refractivity contribution is -0.116. The fourth-order valence-corrected chi connectivity index (χ4v) is 1.50. The summed E-state index contributed by atoms with van der Waals surface area (Å²) in [6.45, 7) is 5.52. The number of halogens is 1. The Morgan fingerprint density at radius 3 is 2.54 bits per heavy atom. The van der Waals surface area contributed by atoms with Crippen molar-refractivity contribution in [1.29, 1.82) is 0 Å². The van der Waals surface area contributed by atoms with Crippen LogP contribution < -0.4 is 0 Å². The normalized spacial score (nSPS) is 12.6. The number of Topliss-reactive ketones (excluding diaryl/α,β-unsaturated/α-hetero) is 1. The first-order valence-corrected chi connectivity index (χ1v) is 4.68. The number of hydrogen-bond donors (Lipinski definition) is 0. The number of alkyl halides is 1. The van der Waals surface area contributed by atoms with Crippen molar-refractivity contribution in [1.82, 2.24) is 0 Å². The number of aryl methyl sites for hydroxylation is 1. The monoisotopic (exact) mass is 196 g/mol. The van der Waals surface area contributed by atoms with Crippen LogP contribution in [0, 0.1) is 13.8 Å². The second kappa shape index (κ2) is 3.93. The maximum Gasteiger partial charge on any atom is 0.152 e. The smallest absolute Gasteiger partial charge is 0.152 e. The Hall–Kier alpha value is -0.820. The maximum atomic E-state index is 11.1. The quantitative estimate of drug-likeness (QED) is 0.664. The second-order valence-electron chi connectivity index (χ2n) is 3.26. The third-order valence-corrected chi connectivity index (χ3v) is 2.82. The molecule has 0 N–H and O–H groups in total. The fourth-order valence-electron chi connectivity index (χ4n) is 1.27. The molecule has 0 aliphatic carbocycles. The van der Waals surface area contributed by atoms with E-state index in [1.54, 1.807) is 0 Å². The molecule has 0 amide bonds. The zero-order valence-corrected chi connectivity index (χ0v) is 8.85. The molecule has 0 saturated carbocycles. The maximum absolute atomic E-state index is 11.1. The molecule has 2 heteroatoms. The van der Waals surface area contributed by atoms with Gasteiger partial charge in [-0.2, -0.15) is 0 Å². The molecule has 1 nitrogen and oxygen atoms in total. The van der Waals surface area contributed by atoms with Crippen molar-refractivity contribution in [3.8, 4) is 0 Å². The van der Waals surface area contributed by atoms with E-state index in [4.69, 9.17) is 11.6 Å². The van der Waals surface area contributed by atoms with E-state index >= 15 is 0 Å². The molecule has 0 bridgehead atoms. The lowest BCUT2D eigenvalue weighted by atomic mass is 9.99. The van der Waals surface area contributed by atoms with Crippen LogP contribution >= 0.6 is 11.6 Å². The van der Waals surface area contributed by atoms with Gasteiger partial charge in [-0.25, -0.2) is 0 Å². The molecular weight excluding hydrogens is 184 g/mol. The summed E-state index contributed by atoms with van der Waals surface area (Å²) in [6.07, 6.45) is 0. The molecule has 1 aromatic carbocycles. The van der Waals surface area contributed by atoms with Gasteiger partial charge < -0.3 is 0 Å². The van der Waals surface area contributed by atoms with Crippen LogP contribution in [0.3, 0.4) is 0 Å². The van der Waals surface area contributed by atoms with Gasteiger partial charge in [-0.1, -0.05) is 18.2 Å². The minimum atomic E-state index is -0.500. The highest BCUT2D eigenvalue weighted by Gasteiger charge is 2.15. The molecule has 0 spiro atoms. The summed E-state index contributed by atoms with van der Waals surface area (Å²) in [6, 6.07) is 5.85. The summed E-state index contributed by atoms with van der Waals surface area (Å²) in [5, 5.41) is -0.500. The Balaban J connectivity index is 3.15. The van der Waals surface area contributed by atoms with Crippen molar-refractivity contribution in [3.05, 3.63) is 34.9 Å². The van der Waals surface area contributed by atoms with Gasteiger partial charge in [0.15, 0.2) is 5.78 Å². The van der Waals surface area contributed by atoms with Crippen LogP contribution in [-0.4, -0.2) is 5.78 Å². The highest BCUT2D eigenvalue weighted by Crippen LogP contribution is 2.26. The fraction of sp³-hybridized carbons (Fsp3) is 0.364. The van der Waals surface area contributed by atoms with Crippen LogP contribution in [0.4, 0.5) is 0 Å². The van der Waals surface area contributed by atoms with Crippen molar-refractivity contribution in [2.24, 2.45) is 0 Å². The minimum Gasteiger partial charge on any atom is -0.298 e. The van der Waals surface area contributed by atoms with Crippen LogP contribution in [0.1, 0.15) is 29.0 Å². The molecule has 13 heavy (non-hydrogen) atoms. The van der Waals surface area contributed by atoms with E-state index in [-0.39, 0.29) is 5.78 Å². The first kappa shape index (κ1) is 10.3. The first-order chi connectivity index (χ1) is 6.04. The van der Waals surface area contributed by atoms with Crippen LogP contribution in [0.25, 0.3) is 0 Å². The zero-order chi connectivity index (χ0) is 10.0. The van der Waals surface area contributed by atoms with E-state index in [1.807, 2.05) is 32.0 Å². The van der Waals surface area contributed by atoms with Crippen molar-refractivity contribution in [3.63, 3.8) is 0 Å². The first-order valence-electron chi connectivity index (χ1n) is 4.24. The minimum absolute atomic E-state index is 0.00429. The Morgan fingerprint density at radius 1 is 1.38 bits per heavy atom. The van der Waals surface area contributed by atoms with E-state index in [1.165, 1.54) is 12.5 Å². The molecule has 0 radical (unpaired) electrons. The summed E-state index contributed by atoms with van der Waals surface area (Å²) in [4.78, 5) is 11.1. The predicted molar refractivity (Wildman–Crippen MR) is 55.2 cm³/mol. The van der Waals surface area contributed by atoms with Gasteiger partial charge in [-0.05, 0) is 37.5 Å². The van der Waals surface area contributed by atoms with Crippen molar-refractivity contribution >= 4 is 17.4 Å². The number of rotatable bonds is 2. The number of carbonyl (C=O) groups is 1. The molecule has 0 saturated heterocycles. The lowest BCUT2D eigenvalue weighted by Gasteiger charge is -2.11. The predicted octanol–water partition coefficient (Wildman–Crippen LogP) is 3.17. The van der Waals surface area contributed by atoms with Gasteiger partial charge in [0.05, 0.1) is 0 Å². The third kappa shape index (κ3) is 2.10. The Morgan fingerprint density at radius 2 is 2.00 bits per heavy atom. The van der Waals surface area contributed by atoms with Gasteiger partial charge in [0.25, 0.3) is 0 Å². The lowest BCUT2D eigenvalue weighted by Crippen LogP contribution is -2.04. The molecule has 0 aliphatic rings. The van der Waals surface area contributed by atoms with E-state index in [9.17, 15) is 4.79 Å². The summed E-state index contributed by atoms with van der Waals surface area (Å²) < 4.78 is 0. The van der Waals surface area contributed by atoms with Gasteiger partial charge in [0.1, 0.15) is 5.38 Å². The number of hydrogen-bond acceptors (Lipinski definition) is 1. The number of ketones is 1. The van der Waals surface area contributed by atoms with Crippen molar-refractivity contribution < 1.29 is 4.79 Å². The van der Waals surface area contributed by atoms with Crippen LogP contribution in [0.2, 0.25) is 0 Å². The molecule has 0 aromatic heterocycles. The van der Waals surface area contributed by atoms with Crippen molar-refractivity contribution in [2.45, 2.75) is 26.1 Å². The summed E-state index contributed by atoms with van der Waals surface area (Å²) >= 11 is 5.97. The highest BCUT2D eigenvalue weighted by atomic mass is 35.5. The standard InChI is InChI=1S/C11H13ClO/c1-7-5-4-6-10(8(7)2)11(12)9(3)13/h4-6,11H,1-3H3. The molecule has 1 atom stereocenters. The molecule has 0 aliphatic heterocycles. The average molecular weight is 197 g/mol. The third-order valence-electron chi connectivity index (χ3n) is 2.28. The van der Waals surface area contributed by atoms with E-state index in [2.05, 4.69) is 0 Å². The number of benzene rings is 1. The molecular formula is C11H13ClO. The van der Waals surface area contributed by atoms with Crippen molar-refractivity contribution in [2.75, 3.05) is 0 Å². The van der Waals surface area contributed by atoms with Crippen LogP contribution in [0.15, 0.2) is 18.2 Å². The van der Waals surface area contributed by atoms with E-state index in [0.717, 1.165) is 11.1 Å². The molecule has 70 valence electrons. The van der Waals surface area contributed by atoms with Crippen LogP contribution in [0.5, 0.6) is 0 Å². The van der Waals surface area contributed by atoms with Gasteiger partial charge in [0, 0.05) is 0 Å². The Labute approximate surface area is 83.7 Å². The Kier molecular flexibility index (Phi) is 3.10. The second-order valence-corrected chi connectivity index (χ2v) is 3.70. The molecule has 1 rings (SSSR count). The summed E-state index contributed by atoms with van der Waals surface area (Å²) in [5.41, 5.74) is 3.20. The SMILES string of the molecule is CC(=O)C(Cl)c1cccc(C)c1C. The van der Waals surface area contributed by atoms with Gasteiger partial charge in [0.2, 0.25) is 0 Å². The van der Waals surface area contributed by atoms with Gasteiger partial charge >= 0.3 is 0 Å².